The maximum absolute atomic E-state index is 11.7. The molecule has 0 N–H and O–H groups in total. The SMILES string of the molecule is CC(C)OC(=O)C(C)N(C=O)OCc1ccccc1. The van der Waals surface area contributed by atoms with E-state index in [0.717, 1.165) is 10.6 Å². The lowest BCUT2D eigenvalue weighted by Crippen LogP contribution is -2.39. The molecule has 0 heterocycles. The first-order valence-electron chi connectivity index (χ1n) is 6.15. The summed E-state index contributed by atoms with van der Waals surface area (Å²) in [5.41, 5.74) is 0.916. The molecule has 1 unspecified atom stereocenters. The first-order chi connectivity index (χ1) is 9.04. The van der Waals surface area contributed by atoms with Crippen LogP contribution in [0.1, 0.15) is 26.3 Å². The predicted octanol–water partition coefficient (Wildman–Crippen LogP) is 1.92. The number of benzene rings is 1. The average Bonchev–Trinajstić information content (AvgIpc) is 2.39. The molecule has 0 saturated heterocycles. The van der Waals surface area contributed by atoms with Gasteiger partial charge in [-0.05, 0) is 26.3 Å². The van der Waals surface area contributed by atoms with Crippen molar-refractivity contribution in [3.05, 3.63) is 35.9 Å². The molecule has 1 atom stereocenters. The Bertz CT molecular complexity index is 405. The van der Waals surface area contributed by atoms with E-state index in [1.165, 1.54) is 0 Å². The zero-order valence-electron chi connectivity index (χ0n) is 11.4. The zero-order chi connectivity index (χ0) is 14.3. The summed E-state index contributed by atoms with van der Waals surface area (Å²) in [6.07, 6.45) is 0.257. The number of carbonyl (C=O) groups is 2. The molecule has 19 heavy (non-hydrogen) atoms. The minimum absolute atomic E-state index is 0.221. The van der Waals surface area contributed by atoms with Gasteiger partial charge in [0.1, 0.15) is 6.61 Å². The first-order valence-corrected chi connectivity index (χ1v) is 6.15. The number of hydrogen-bond donors (Lipinski definition) is 0. The van der Waals surface area contributed by atoms with E-state index in [-0.39, 0.29) is 12.7 Å². The minimum atomic E-state index is -0.774. The van der Waals surface area contributed by atoms with Gasteiger partial charge in [0.15, 0.2) is 6.04 Å². The monoisotopic (exact) mass is 265 g/mol. The fourth-order valence-electron chi connectivity index (χ4n) is 1.39. The highest BCUT2D eigenvalue weighted by atomic mass is 16.7. The molecular weight excluding hydrogens is 246 g/mol. The number of nitrogens with zero attached hydrogens (tertiary/aromatic N) is 1. The van der Waals surface area contributed by atoms with E-state index in [1.807, 2.05) is 30.3 Å². The second kappa shape index (κ2) is 7.53. The molecule has 1 aromatic rings. The molecule has 0 radical (unpaired) electrons. The van der Waals surface area contributed by atoms with Gasteiger partial charge in [0, 0.05) is 0 Å². The van der Waals surface area contributed by atoms with E-state index in [0.29, 0.717) is 6.41 Å². The van der Waals surface area contributed by atoms with Gasteiger partial charge >= 0.3 is 5.97 Å². The highest BCUT2D eigenvalue weighted by Gasteiger charge is 2.23. The molecule has 1 aromatic carbocycles. The van der Waals surface area contributed by atoms with Crippen LogP contribution in [0.2, 0.25) is 0 Å². The van der Waals surface area contributed by atoms with Crippen LogP contribution in [0.15, 0.2) is 30.3 Å². The largest absolute Gasteiger partial charge is 0.461 e. The molecule has 0 aliphatic rings. The zero-order valence-corrected chi connectivity index (χ0v) is 11.4. The summed E-state index contributed by atoms with van der Waals surface area (Å²) < 4.78 is 5.03. The van der Waals surface area contributed by atoms with Crippen molar-refractivity contribution in [3.63, 3.8) is 0 Å². The summed E-state index contributed by atoms with van der Waals surface area (Å²) >= 11 is 0. The fraction of sp³-hybridized carbons (Fsp3) is 0.429. The van der Waals surface area contributed by atoms with Crippen LogP contribution < -0.4 is 0 Å². The molecule has 0 aromatic heterocycles. The molecule has 5 heteroatoms. The summed E-state index contributed by atoms with van der Waals surface area (Å²) in [5, 5.41) is 0.970. The third-order valence-corrected chi connectivity index (χ3v) is 2.40. The molecule has 0 aliphatic carbocycles. The van der Waals surface area contributed by atoms with Gasteiger partial charge in [0.2, 0.25) is 6.41 Å². The molecule has 0 saturated carbocycles. The van der Waals surface area contributed by atoms with Crippen molar-refractivity contribution in [2.45, 2.75) is 39.5 Å². The molecule has 0 fully saturated rings. The van der Waals surface area contributed by atoms with E-state index in [2.05, 4.69) is 0 Å². The molecule has 1 amide bonds. The number of hydroxylamine groups is 2. The topological polar surface area (TPSA) is 55.8 Å². The number of ether oxygens (including phenoxy) is 1. The Hall–Kier alpha value is -1.88. The van der Waals surface area contributed by atoms with Gasteiger partial charge < -0.3 is 4.74 Å². The van der Waals surface area contributed by atoms with Crippen molar-refractivity contribution in [1.82, 2.24) is 5.06 Å². The summed E-state index contributed by atoms with van der Waals surface area (Å²) in [4.78, 5) is 27.9. The average molecular weight is 265 g/mol. The van der Waals surface area contributed by atoms with Crippen molar-refractivity contribution in [3.8, 4) is 0 Å². The van der Waals surface area contributed by atoms with Crippen molar-refractivity contribution in [2.24, 2.45) is 0 Å². The highest BCUT2D eigenvalue weighted by Crippen LogP contribution is 2.07. The highest BCUT2D eigenvalue weighted by molar-refractivity contribution is 5.77. The molecule has 0 spiro atoms. The molecule has 5 nitrogen and oxygen atoms in total. The van der Waals surface area contributed by atoms with E-state index < -0.39 is 12.0 Å². The Labute approximate surface area is 113 Å². The van der Waals surface area contributed by atoms with E-state index in [4.69, 9.17) is 9.57 Å². The van der Waals surface area contributed by atoms with Crippen molar-refractivity contribution >= 4 is 12.4 Å². The standard InChI is InChI=1S/C14H19NO4/c1-11(2)19-14(17)12(3)15(10-16)18-9-13-7-5-4-6-8-13/h4-8,10-12H,9H2,1-3H3. The Morgan fingerprint density at radius 2 is 1.89 bits per heavy atom. The Morgan fingerprint density at radius 1 is 1.26 bits per heavy atom. The Morgan fingerprint density at radius 3 is 2.42 bits per heavy atom. The predicted molar refractivity (Wildman–Crippen MR) is 69.8 cm³/mol. The van der Waals surface area contributed by atoms with Gasteiger partial charge in [0.25, 0.3) is 0 Å². The van der Waals surface area contributed by atoms with Crippen LogP contribution in [-0.2, 0) is 25.8 Å². The van der Waals surface area contributed by atoms with Gasteiger partial charge in [-0.1, -0.05) is 30.3 Å². The number of hydrogen-bond acceptors (Lipinski definition) is 4. The smallest absolute Gasteiger partial charge is 0.331 e. The molecule has 1 rings (SSSR count). The quantitative estimate of drug-likeness (QED) is 0.429. The van der Waals surface area contributed by atoms with Crippen molar-refractivity contribution in [2.75, 3.05) is 0 Å². The van der Waals surface area contributed by atoms with Crippen LogP contribution in [0.25, 0.3) is 0 Å². The number of carbonyl (C=O) groups excluding carboxylic acids is 2. The Kier molecular flexibility index (Phi) is 6.02. The maximum Gasteiger partial charge on any atom is 0.331 e. The molecule has 0 aliphatic heterocycles. The van der Waals surface area contributed by atoms with Crippen LogP contribution in [-0.4, -0.2) is 29.6 Å². The van der Waals surface area contributed by atoms with E-state index >= 15 is 0 Å². The summed E-state index contributed by atoms with van der Waals surface area (Å²) in [6.45, 7) is 5.28. The van der Waals surface area contributed by atoms with E-state index in [9.17, 15) is 9.59 Å². The summed E-state index contributed by atoms with van der Waals surface area (Å²) in [7, 11) is 0. The number of esters is 1. The second-order valence-corrected chi connectivity index (χ2v) is 4.39. The summed E-state index contributed by atoms with van der Waals surface area (Å²) in [5.74, 6) is -0.491. The van der Waals surface area contributed by atoms with Gasteiger partial charge in [-0.2, -0.15) is 0 Å². The normalized spacial score (nSPS) is 12.0. The van der Waals surface area contributed by atoms with Crippen molar-refractivity contribution < 1.29 is 19.2 Å². The lowest BCUT2D eigenvalue weighted by molar-refractivity contribution is -0.202. The third-order valence-electron chi connectivity index (χ3n) is 2.40. The van der Waals surface area contributed by atoms with Gasteiger partial charge in [0.05, 0.1) is 6.10 Å². The van der Waals surface area contributed by atoms with Crippen LogP contribution in [0.5, 0.6) is 0 Å². The maximum atomic E-state index is 11.7. The van der Waals surface area contributed by atoms with Gasteiger partial charge in [-0.3, -0.25) is 9.63 Å². The van der Waals surface area contributed by atoms with Gasteiger partial charge in [-0.25, -0.2) is 9.86 Å². The number of rotatable bonds is 7. The van der Waals surface area contributed by atoms with Crippen LogP contribution in [0.4, 0.5) is 0 Å². The third kappa shape index (κ3) is 5.09. The van der Waals surface area contributed by atoms with Gasteiger partial charge in [-0.15, -0.1) is 0 Å². The lowest BCUT2D eigenvalue weighted by Gasteiger charge is -2.23. The second-order valence-electron chi connectivity index (χ2n) is 4.39. The molecular formula is C14H19NO4. The lowest BCUT2D eigenvalue weighted by atomic mass is 10.2. The van der Waals surface area contributed by atoms with E-state index in [1.54, 1.807) is 20.8 Å². The summed E-state index contributed by atoms with van der Waals surface area (Å²) in [6, 6.07) is 8.62. The number of amides is 1. The van der Waals surface area contributed by atoms with Crippen molar-refractivity contribution in [1.29, 1.82) is 0 Å². The fourth-order valence-corrected chi connectivity index (χ4v) is 1.39. The van der Waals surface area contributed by atoms with Crippen LogP contribution >= 0.6 is 0 Å². The van der Waals surface area contributed by atoms with Crippen LogP contribution in [0, 0.1) is 0 Å². The molecule has 0 bridgehead atoms. The molecule has 104 valence electrons. The first kappa shape index (κ1) is 15.2. The van der Waals surface area contributed by atoms with Crippen LogP contribution in [0.3, 0.4) is 0 Å². The minimum Gasteiger partial charge on any atom is -0.461 e. The Balaban J connectivity index is 2.53.